The minimum Gasteiger partial charge on any atom is -0.479 e. The molecule has 0 spiro atoms. The second-order valence-electron chi connectivity index (χ2n) is 10.1. The summed E-state index contributed by atoms with van der Waals surface area (Å²) >= 11 is 7.77. The van der Waals surface area contributed by atoms with Gasteiger partial charge in [0, 0.05) is 28.9 Å². The van der Waals surface area contributed by atoms with E-state index in [1.165, 1.54) is 5.56 Å². The molecule has 1 atom stereocenters. The van der Waals surface area contributed by atoms with E-state index in [4.69, 9.17) is 21.3 Å². The predicted octanol–water partition coefficient (Wildman–Crippen LogP) is 6.82. The highest BCUT2D eigenvalue weighted by Crippen LogP contribution is 2.44. The fourth-order valence-corrected chi connectivity index (χ4v) is 5.96. The normalized spacial score (nSPS) is 14.6. The second kappa shape index (κ2) is 9.47. The third-order valence-corrected chi connectivity index (χ3v) is 7.66. The number of ether oxygens (including phenoxy) is 1. The van der Waals surface area contributed by atoms with Gasteiger partial charge in [-0.2, -0.15) is 0 Å². The lowest BCUT2D eigenvalue weighted by molar-refractivity contribution is -0.160. The minimum absolute atomic E-state index is 0.620. The molecule has 1 aliphatic heterocycles. The first-order valence-electron chi connectivity index (χ1n) is 11.9. The largest absolute Gasteiger partial charge is 0.479 e. The van der Waals surface area contributed by atoms with Crippen LogP contribution < -0.4 is 4.90 Å². The number of hydrogen-bond acceptors (Lipinski definition) is 6. The van der Waals surface area contributed by atoms with Gasteiger partial charge >= 0.3 is 5.97 Å². The molecule has 5 rings (SSSR count). The van der Waals surface area contributed by atoms with E-state index in [1.54, 1.807) is 11.3 Å². The molecule has 1 aliphatic rings. The van der Waals surface area contributed by atoms with Crippen molar-refractivity contribution >= 4 is 44.3 Å². The Morgan fingerprint density at radius 3 is 2.67 bits per heavy atom. The number of nitrogens with zero attached hydrogens (tertiary/aromatic N) is 3. The predicted molar refractivity (Wildman–Crippen MR) is 145 cm³/mol. The molecule has 0 amide bonds. The van der Waals surface area contributed by atoms with Crippen LogP contribution in [0, 0.1) is 6.92 Å². The van der Waals surface area contributed by atoms with Crippen LogP contribution in [0.2, 0.25) is 5.02 Å². The van der Waals surface area contributed by atoms with Crippen molar-refractivity contribution in [1.82, 2.24) is 9.97 Å². The zero-order chi connectivity index (χ0) is 25.6. The van der Waals surface area contributed by atoms with E-state index in [0.29, 0.717) is 17.1 Å². The summed E-state index contributed by atoms with van der Waals surface area (Å²) in [7, 11) is 0. The highest BCUT2D eigenvalue weighted by atomic mass is 35.5. The topological polar surface area (TPSA) is 75.5 Å². The summed E-state index contributed by atoms with van der Waals surface area (Å²) in [4.78, 5) is 24.3. The van der Waals surface area contributed by atoms with Crippen molar-refractivity contribution in [2.24, 2.45) is 0 Å². The van der Waals surface area contributed by atoms with Crippen LogP contribution in [0.15, 0.2) is 48.7 Å². The summed E-state index contributed by atoms with van der Waals surface area (Å²) in [5.74, 6) is -1.02. The number of fused-ring (bicyclic) bond motifs is 2. The summed E-state index contributed by atoms with van der Waals surface area (Å²) in [6.07, 6.45) is 1.61. The smallest absolute Gasteiger partial charge is 0.337 e. The molecule has 36 heavy (non-hydrogen) atoms. The van der Waals surface area contributed by atoms with Crippen molar-refractivity contribution < 1.29 is 14.6 Å². The highest BCUT2D eigenvalue weighted by molar-refractivity contribution is 7.22. The van der Waals surface area contributed by atoms with Crippen LogP contribution in [0.1, 0.15) is 49.3 Å². The lowest BCUT2D eigenvalue weighted by atomic mass is 9.91. The van der Waals surface area contributed by atoms with Gasteiger partial charge < -0.3 is 14.7 Å². The number of benzene rings is 2. The van der Waals surface area contributed by atoms with Gasteiger partial charge in [0.2, 0.25) is 0 Å². The molecule has 0 aliphatic carbocycles. The van der Waals surface area contributed by atoms with E-state index >= 15 is 0 Å². The number of halogens is 1. The number of rotatable bonds is 5. The first-order valence-corrected chi connectivity index (χ1v) is 13.1. The third-order valence-electron chi connectivity index (χ3n) is 6.25. The second-order valence-corrected chi connectivity index (χ2v) is 11.5. The van der Waals surface area contributed by atoms with Crippen LogP contribution in [-0.4, -0.2) is 33.2 Å². The van der Waals surface area contributed by atoms with Crippen molar-refractivity contribution in [2.45, 2.75) is 52.4 Å². The summed E-state index contributed by atoms with van der Waals surface area (Å²) < 4.78 is 7.04. The number of carboxylic acids is 1. The SMILES string of the molecule is Cc1cc2nc(N3CCc4cccnc4C3)sc2c(-c2ccc(Cl)cc2)c1[C@H](OC(C)(C)C)C(=O)O. The average Bonchev–Trinajstić information content (AvgIpc) is 3.25. The molecule has 2 aromatic heterocycles. The van der Waals surface area contributed by atoms with Crippen molar-refractivity contribution in [3.63, 3.8) is 0 Å². The van der Waals surface area contributed by atoms with Crippen LogP contribution in [-0.2, 0) is 22.5 Å². The molecule has 6 nitrogen and oxygen atoms in total. The molecule has 0 saturated heterocycles. The summed E-state index contributed by atoms with van der Waals surface area (Å²) in [6.45, 7) is 9.08. The number of carboxylic acid groups (broad SMARTS) is 1. The van der Waals surface area contributed by atoms with E-state index < -0.39 is 17.7 Å². The Balaban J connectivity index is 1.69. The standard InChI is InChI=1S/C28H28ClN3O3S/c1-16-14-20-25(36-27(31-20)32-13-11-17-6-5-12-30-21(17)15-32)23(18-7-9-19(29)10-8-18)22(16)24(26(33)34)35-28(2,3)4/h5-10,12,14,24H,11,13,15H2,1-4H3,(H,33,34)/t24-/m0/s1. The number of pyridine rings is 1. The molecule has 186 valence electrons. The number of anilines is 1. The molecule has 3 heterocycles. The Bertz CT molecular complexity index is 1440. The van der Waals surface area contributed by atoms with Gasteiger partial charge in [0.05, 0.1) is 28.1 Å². The van der Waals surface area contributed by atoms with Crippen molar-refractivity contribution in [3.05, 3.63) is 76.1 Å². The molecule has 8 heteroatoms. The summed E-state index contributed by atoms with van der Waals surface area (Å²) in [5.41, 5.74) is 5.73. The van der Waals surface area contributed by atoms with Crippen molar-refractivity contribution in [1.29, 1.82) is 0 Å². The molecule has 1 N–H and O–H groups in total. The zero-order valence-corrected chi connectivity index (χ0v) is 22.3. The van der Waals surface area contributed by atoms with Crippen LogP contribution >= 0.6 is 22.9 Å². The maximum absolute atomic E-state index is 12.5. The third kappa shape index (κ3) is 4.83. The number of aliphatic carboxylic acids is 1. The first kappa shape index (κ1) is 24.7. The van der Waals surface area contributed by atoms with Gasteiger partial charge in [0.1, 0.15) is 0 Å². The van der Waals surface area contributed by atoms with Gasteiger partial charge in [-0.1, -0.05) is 41.1 Å². The quantitative estimate of drug-likeness (QED) is 0.310. The number of aryl methyl sites for hydroxylation is 1. The Labute approximate surface area is 219 Å². The highest BCUT2D eigenvalue weighted by Gasteiger charge is 2.32. The molecular weight excluding hydrogens is 494 g/mol. The van der Waals surface area contributed by atoms with Gasteiger partial charge in [-0.05, 0) is 75.1 Å². The number of carbonyl (C=O) groups is 1. The van der Waals surface area contributed by atoms with Crippen LogP contribution in [0.5, 0.6) is 0 Å². The van der Waals surface area contributed by atoms with Crippen LogP contribution in [0.3, 0.4) is 0 Å². The number of aromatic nitrogens is 2. The zero-order valence-electron chi connectivity index (χ0n) is 20.7. The van der Waals surface area contributed by atoms with Crippen LogP contribution in [0.25, 0.3) is 21.3 Å². The van der Waals surface area contributed by atoms with Gasteiger partial charge in [0.25, 0.3) is 0 Å². The van der Waals surface area contributed by atoms with E-state index in [-0.39, 0.29) is 0 Å². The molecule has 0 bridgehead atoms. The van der Waals surface area contributed by atoms with Crippen LogP contribution in [0.4, 0.5) is 5.13 Å². The lowest BCUT2D eigenvalue weighted by Crippen LogP contribution is -2.30. The first-order chi connectivity index (χ1) is 17.1. The molecule has 0 saturated carbocycles. The molecule has 2 aromatic carbocycles. The van der Waals surface area contributed by atoms with Gasteiger partial charge in [0.15, 0.2) is 11.2 Å². The number of thiazole rings is 1. The van der Waals surface area contributed by atoms with Crippen molar-refractivity contribution in [3.8, 4) is 11.1 Å². The molecule has 4 aromatic rings. The molecular formula is C28H28ClN3O3S. The van der Waals surface area contributed by atoms with Gasteiger partial charge in [-0.15, -0.1) is 0 Å². The minimum atomic E-state index is -1.13. The molecule has 0 unspecified atom stereocenters. The number of hydrogen-bond donors (Lipinski definition) is 1. The monoisotopic (exact) mass is 521 g/mol. The maximum atomic E-state index is 12.5. The lowest BCUT2D eigenvalue weighted by Gasteiger charge is -2.28. The van der Waals surface area contributed by atoms with Gasteiger partial charge in [-0.3, -0.25) is 4.98 Å². The summed E-state index contributed by atoms with van der Waals surface area (Å²) in [5, 5.41) is 11.8. The van der Waals surface area contributed by atoms with Gasteiger partial charge in [-0.25, -0.2) is 9.78 Å². The van der Waals surface area contributed by atoms with E-state index in [1.807, 2.05) is 70.3 Å². The average molecular weight is 522 g/mol. The van der Waals surface area contributed by atoms with E-state index in [9.17, 15) is 9.90 Å². The fourth-order valence-electron chi connectivity index (χ4n) is 4.68. The molecule has 0 fully saturated rings. The van der Waals surface area contributed by atoms with Crippen molar-refractivity contribution in [2.75, 3.05) is 11.4 Å². The maximum Gasteiger partial charge on any atom is 0.337 e. The fraction of sp³-hybridized carbons (Fsp3) is 0.321. The Kier molecular flexibility index (Phi) is 6.49. The Morgan fingerprint density at radius 1 is 1.22 bits per heavy atom. The molecule has 0 radical (unpaired) electrons. The Morgan fingerprint density at radius 2 is 1.97 bits per heavy atom. The van der Waals surface area contributed by atoms with E-state index in [2.05, 4.69) is 16.0 Å². The summed E-state index contributed by atoms with van der Waals surface area (Å²) in [6, 6.07) is 13.6. The van der Waals surface area contributed by atoms with E-state index in [0.717, 1.165) is 50.7 Å². The Hall–Kier alpha value is -3.00.